The highest BCUT2D eigenvalue weighted by Crippen LogP contribution is 2.25. The average Bonchev–Trinajstić information content (AvgIpc) is 2.67. The molecule has 1 heterocycles. The van der Waals surface area contributed by atoms with E-state index in [1.54, 1.807) is 0 Å². The average molecular weight is 225 g/mol. The zero-order valence-electron chi connectivity index (χ0n) is 10.2. The number of benzene rings is 2. The van der Waals surface area contributed by atoms with Crippen molar-refractivity contribution < 1.29 is 0 Å². The van der Waals surface area contributed by atoms with Crippen LogP contribution >= 0.6 is 0 Å². The van der Waals surface area contributed by atoms with Gasteiger partial charge in [0.25, 0.3) is 0 Å². The smallest absolute Gasteiger partial charge is 0.0320 e. The minimum atomic E-state index is 0.558. The summed E-state index contributed by atoms with van der Waals surface area (Å²) in [6, 6.07) is 16.0. The fraction of sp³-hybridized carbons (Fsp3) is 0.375. The molecule has 1 atom stereocenters. The zero-order chi connectivity index (χ0) is 11.5. The SMILES string of the molecule is c1ccc2cc([C@@H]3CCCCCN3)ccc2c1. The second kappa shape index (κ2) is 4.89. The van der Waals surface area contributed by atoms with E-state index in [-0.39, 0.29) is 0 Å². The summed E-state index contributed by atoms with van der Waals surface area (Å²) in [5.41, 5.74) is 1.45. The third-order valence-corrected chi connectivity index (χ3v) is 3.74. The summed E-state index contributed by atoms with van der Waals surface area (Å²) < 4.78 is 0. The van der Waals surface area contributed by atoms with Gasteiger partial charge in [0.2, 0.25) is 0 Å². The van der Waals surface area contributed by atoms with Gasteiger partial charge in [-0.15, -0.1) is 0 Å². The first-order chi connectivity index (χ1) is 8.43. The first kappa shape index (κ1) is 10.8. The lowest BCUT2D eigenvalue weighted by Gasteiger charge is -2.16. The molecule has 0 saturated carbocycles. The number of hydrogen-bond donors (Lipinski definition) is 1. The third kappa shape index (κ3) is 2.34. The second-order valence-electron chi connectivity index (χ2n) is 4.96. The van der Waals surface area contributed by atoms with Crippen molar-refractivity contribution in [2.45, 2.75) is 31.7 Å². The molecule has 0 bridgehead atoms. The largest absolute Gasteiger partial charge is 0.310 e. The molecule has 0 amide bonds. The van der Waals surface area contributed by atoms with Gasteiger partial charge < -0.3 is 5.32 Å². The van der Waals surface area contributed by atoms with E-state index >= 15 is 0 Å². The molecule has 1 aliphatic heterocycles. The van der Waals surface area contributed by atoms with Crippen LogP contribution in [0.25, 0.3) is 10.8 Å². The van der Waals surface area contributed by atoms with Crippen LogP contribution in [0.1, 0.15) is 37.3 Å². The predicted octanol–water partition coefficient (Wildman–Crippen LogP) is 4.04. The lowest BCUT2D eigenvalue weighted by molar-refractivity contribution is 0.535. The van der Waals surface area contributed by atoms with Gasteiger partial charge in [-0.1, -0.05) is 49.2 Å². The second-order valence-corrected chi connectivity index (χ2v) is 4.96. The Labute approximate surface area is 103 Å². The van der Waals surface area contributed by atoms with Crippen LogP contribution in [0, 0.1) is 0 Å². The molecule has 0 radical (unpaired) electrons. The van der Waals surface area contributed by atoms with Gasteiger partial charge >= 0.3 is 0 Å². The topological polar surface area (TPSA) is 12.0 Å². The summed E-state index contributed by atoms with van der Waals surface area (Å²) >= 11 is 0. The van der Waals surface area contributed by atoms with Crippen LogP contribution in [0.5, 0.6) is 0 Å². The Balaban J connectivity index is 1.93. The first-order valence-corrected chi connectivity index (χ1v) is 6.65. The van der Waals surface area contributed by atoms with Crippen molar-refractivity contribution in [3.05, 3.63) is 48.0 Å². The van der Waals surface area contributed by atoms with Gasteiger partial charge in [-0.05, 0) is 41.8 Å². The first-order valence-electron chi connectivity index (χ1n) is 6.65. The molecule has 0 spiro atoms. The van der Waals surface area contributed by atoms with E-state index in [4.69, 9.17) is 0 Å². The fourth-order valence-electron chi connectivity index (χ4n) is 2.74. The maximum Gasteiger partial charge on any atom is 0.0320 e. The highest BCUT2D eigenvalue weighted by molar-refractivity contribution is 5.83. The van der Waals surface area contributed by atoms with Crippen LogP contribution in [-0.4, -0.2) is 6.54 Å². The zero-order valence-corrected chi connectivity index (χ0v) is 10.2. The van der Waals surface area contributed by atoms with Crippen molar-refractivity contribution in [2.24, 2.45) is 0 Å². The van der Waals surface area contributed by atoms with Gasteiger partial charge in [0.05, 0.1) is 0 Å². The van der Waals surface area contributed by atoms with E-state index in [1.807, 2.05) is 0 Å². The van der Waals surface area contributed by atoms with Gasteiger partial charge in [0.15, 0.2) is 0 Å². The van der Waals surface area contributed by atoms with Gasteiger partial charge in [-0.2, -0.15) is 0 Å². The molecule has 1 fully saturated rings. The van der Waals surface area contributed by atoms with Crippen LogP contribution in [0.4, 0.5) is 0 Å². The standard InChI is InChI=1S/C16H19N/c1-2-8-16(17-11-5-1)15-10-9-13-6-3-4-7-14(13)12-15/h3-4,6-7,9-10,12,16-17H,1-2,5,8,11H2/t16-/m0/s1. The Bertz CT molecular complexity index is 496. The van der Waals surface area contributed by atoms with Crippen LogP contribution in [0.3, 0.4) is 0 Å². The van der Waals surface area contributed by atoms with E-state index in [1.165, 1.54) is 42.0 Å². The highest BCUT2D eigenvalue weighted by atomic mass is 14.9. The number of hydrogen-bond acceptors (Lipinski definition) is 1. The van der Waals surface area contributed by atoms with Gasteiger partial charge in [0, 0.05) is 6.04 Å². The molecule has 0 aromatic heterocycles. The maximum absolute atomic E-state index is 3.66. The molecule has 0 aliphatic carbocycles. The predicted molar refractivity (Wildman–Crippen MR) is 73.2 cm³/mol. The number of fused-ring (bicyclic) bond motifs is 1. The lowest BCUT2D eigenvalue weighted by Crippen LogP contribution is -2.20. The molecule has 1 heteroatoms. The molecule has 2 aromatic rings. The molecule has 1 saturated heterocycles. The third-order valence-electron chi connectivity index (χ3n) is 3.74. The summed E-state index contributed by atoms with van der Waals surface area (Å²) in [6.45, 7) is 1.16. The Morgan fingerprint density at radius 3 is 2.71 bits per heavy atom. The van der Waals surface area contributed by atoms with Crippen molar-refractivity contribution in [1.82, 2.24) is 5.32 Å². The van der Waals surface area contributed by atoms with Gasteiger partial charge in [0.1, 0.15) is 0 Å². The molecule has 1 nitrogen and oxygen atoms in total. The molecular formula is C16H19N. The normalized spacial score (nSPS) is 21.3. The van der Waals surface area contributed by atoms with E-state index in [9.17, 15) is 0 Å². The van der Waals surface area contributed by atoms with Crippen molar-refractivity contribution in [3.8, 4) is 0 Å². The van der Waals surface area contributed by atoms with Crippen LogP contribution < -0.4 is 5.32 Å². The number of rotatable bonds is 1. The monoisotopic (exact) mass is 225 g/mol. The molecule has 17 heavy (non-hydrogen) atoms. The van der Waals surface area contributed by atoms with Crippen molar-refractivity contribution in [1.29, 1.82) is 0 Å². The maximum atomic E-state index is 3.66. The Morgan fingerprint density at radius 1 is 0.882 bits per heavy atom. The summed E-state index contributed by atoms with van der Waals surface area (Å²) in [5, 5.41) is 6.36. The Morgan fingerprint density at radius 2 is 1.76 bits per heavy atom. The molecule has 2 aromatic carbocycles. The summed E-state index contributed by atoms with van der Waals surface area (Å²) in [6.07, 6.45) is 5.32. The summed E-state index contributed by atoms with van der Waals surface area (Å²) in [4.78, 5) is 0. The molecular weight excluding hydrogens is 206 g/mol. The van der Waals surface area contributed by atoms with Crippen LogP contribution in [-0.2, 0) is 0 Å². The van der Waals surface area contributed by atoms with E-state index in [0.29, 0.717) is 6.04 Å². The van der Waals surface area contributed by atoms with Crippen molar-refractivity contribution in [2.75, 3.05) is 6.54 Å². The van der Waals surface area contributed by atoms with Crippen molar-refractivity contribution in [3.63, 3.8) is 0 Å². The van der Waals surface area contributed by atoms with Crippen LogP contribution in [0.15, 0.2) is 42.5 Å². The molecule has 3 rings (SSSR count). The molecule has 88 valence electrons. The fourth-order valence-corrected chi connectivity index (χ4v) is 2.74. The molecule has 1 aliphatic rings. The Hall–Kier alpha value is -1.34. The number of nitrogens with one attached hydrogen (secondary N) is 1. The van der Waals surface area contributed by atoms with Gasteiger partial charge in [-0.25, -0.2) is 0 Å². The highest BCUT2D eigenvalue weighted by Gasteiger charge is 2.13. The Kier molecular flexibility index (Phi) is 3.10. The lowest BCUT2D eigenvalue weighted by atomic mass is 9.99. The molecule has 0 unspecified atom stereocenters. The van der Waals surface area contributed by atoms with Gasteiger partial charge in [-0.3, -0.25) is 0 Å². The van der Waals surface area contributed by atoms with E-state index in [0.717, 1.165) is 6.54 Å². The molecule has 1 N–H and O–H groups in total. The minimum Gasteiger partial charge on any atom is -0.310 e. The van der Waals surface area contributed by atoms with E-state index in [2.05, 4.69) is 47.8 Å². The van der Waals surface area contributed by atoms with E-state index < -0.39 is 0 Å². The quantitative estimate of drug-likeness (QED) is 0.772. The minimum absolute atomic E-state index is 0.558. The van der Waals surface area contributed by atoms with Crippen LogP contribution in [0.2, 0.25) is 0 Å². The summed E-state index contributed by atoms with van der Waals surface area (Å²) in [5.74, 6) is 0. The summed E-state index contributed by atoms with van der Waals surface area (Å²) in [7, 11) is 0. The van der Waals surface area contributed by atoms with Crippen molar-refractivity contribution >= 4 is 10.8 Å².